The minimum atomic E-state index is -0.478. The van der Waals surface area contributed by atoms with Crippen LogP contribution in [0.2, 0.25) is 0 Å². The number of amides is 2. The van der Waals surface area contributed by atoms with E-state index in [4.69, 9.17) is 4.42 Å². The maximum absolute atomic E-state index is 13.3. The zero-order valence-electron chi connectivity index (χ0n) is 19.2. The number of hydrogen-bond donors (Lipinski definition) is 0. The second-order valence-corrected chi connectivity index (χ2v) is 8.06. The van der Waals surface area contributed by atoms with E-state index in [1.807, 2.05) is 50.2 Å². The zero-order valence-corrected chi connectivity index (χ0v) is 19.2. The molecule has 0 bridgehead atoms. The fraction of sp³-hybridized carbons (Fsp3) is 0.231. The molecule has 2 amide bonds. The molecule has 0 N–H and O–H groups in total. The molecule has 3 rings (SSSR count). The molecule has 8 nitrogen and oxygen atoms in total. The number of carbonyl (C=O) groups is 2. The van der Waals surface area contributed by atoms with Crippen LogP contribution >= 0.6 is 0 Å². The number of nitrogens with zero attached hydrogens (tertiary/aromatic N) is 3. The van der Waals surface area contributed by atoms with Crippen molar-refractivity contribution in [3.63, 3.8) is 0 Å². The number of hydrogen-bond acceptors (Lipinski definition) is 5. The van der Waals surface area contributed by atoms with Crippen LogP contribution in [-0.2, 0) is 22.7 Å². The van der Waals surface area contributed by atoms with E-state index in [0.29, 0.717) is 24.4 Å². The van der Waals surface area contributed by atoms with Crippen LogP contribution in [0.15, 0.2) is 83.5 Å². The van der Waals surface area contributed by atoms with Gasteiger partial charge in [0.2, 0.25) is 11.8 Å². The molecule has 0 aliphatic rings. The average molecular weight is 462 g/mol. The summed E-state index contributed by atoms with van der Waals surface area (Å²) < 4.78 is 5.43. The molecule has 0 spiro atoms. The van der Waals surface area contributed by atoms with Crippen LogP contribution in [0.25, 0.3) is 6.08 Å². The summed E-state index contributed by atoms with van der Waals surface area (Å²) in [5.41, 5.74) is 1.60. The normalized spacial score (nSPS) is 11.0. The van der Waals surface area contributed by atoms with Crippen molar-refractivity contribution in [2.75, 3.05) is 6.54 Å². The van der Waals surface area contributed by atoms with E-state index in [1.54, 1.807) is 35.4 Å². The Morgan fingerprint density at radius 1 is 1.00 bits per heavy atom. The molecule has 0 unspecified atom stereocenters. The van der Waals surface area contributed by atoms with Crippen LogP contribution in [-0.4, -0.2) is 39.1 Å². The number of non-ortho nitro benzene ring substituents is 1. The third-order valence-corrected chi connectivity index (χ3v) is 5.23. The van der Waals surface area contributed by atoms with Gasteiger partial charge in [-0.25, -0.2) is 0 Å². The van der Waals surface area contributed by atoms with Crippen LogP contribution < -0.4 is 0 Å². The van der Waals surface area contributed by atoms with Crippen molar-refractivity contribution in [1.82, 2.24) is 9.80 Å². The summed E-state index contributed by atoms with van der Waals surface area (Å²) in [6.07, 6.45) is 4.52. The molecule has 0 saturated heterocycles. The van der Waals surface area contributed by atoms with E-state index in [9.17, 15) is 19.7 Å². The van der Waals surface area contributed by atoms with E-state index in [1.165, 1.54) is 23.1 Å². The third kappa shape index (κ3) is 6.90. The molecule has 8 heteroatoms. The molecule has 3 aromatic rings. The lowest BCUT2D eigenvalue weighted by Gasteiger charge is -2.29. The number of furan rings is 1. The van der Waals surface area contributed by atoms with Crippen molar-refractivity contribution in [2.24, 2.45) is 0 Å². The zero-order chi connectivity index (χ0) is 24.5. The molecule has 0 radical (unpaired) electrons. The molecule has 34 heavy (non-hydrogen) atoms. The Bertz CT molecular complexity index is 1120. The molecular formula is C26H27N3O5. The van der Waals surface area contributed by atoms with Gasteiger partial charge in [0.25, 0.3) is 5.69 Å². The van der Waals surface area contributed by atoms with Gasteiger partial charge in [0.15, 0.2) is 0 Å². The lowest BCUT2D eigenvalue weighted by atomic mass is 10.2. The highest BCUT2D eigenvalue weighted by Gasteiger charge is 2.23. The van der Waals surface area contributed by atoms with Gasteiger partial charge in [0, 0.05) is 30.8 Å². The second-order valence-electron chi connectivity index (χ2n) is 8.06. The first kappa shape index (κ1) is 24.4. The number of nitro benzene ring substituents is 1. The molecule has 0 saturated carbocycles. The molecule has 1 heterocycles. The Balaban J connectivity index is 1.72. The first-order valence-corrected chi connectivity index (χ1v) is 10.9. The Kier molecular flexibility index (Phi) is 8.34. The van der Waals surface area contributed by atoms with E-state index in [2.05, 4.69) is 0 Å². The van der Waals surface area contributed by atoms with E-state index in [0.717, 1.165) is 5.56 Å². The van der Waals surface area contributed by atoms with Gasteiger partial charge in [0.1, 0.15) is 12.3 Å². The largest absolute Gasteiger partial charge is 0.467 e. The minimum Gasteiger partial charge on any atom is -0.467 e. The summed E-state index contributed by atoms with van der Waals surface area (Å²) in [6.45, 7) is 4.28. The Labute approximate surface area is 198 Å². The van der Waals surface area contributed by atoms with Crippen LogP contribution in [0, 0.1) is 10.1 Å². The quantitative estimate of drug-likeness (QED) is 0.248. The summed E-state index contributed by atoms with van der Waals surface area (Å²) >= 11 is 0. The molecular weight excluding hydrogens is 434 g/mol. The minimum absolute atomic E-state index is 0.0204. The molecule has 0 atom stereocenters. The van der Waals surface area contributed by atoms with Gasteiger partial charge >= 0.3 is 0 Å². The number of benzene rings is 2. The summed E-state index contributed by atoms with van der Waals surface area (Å²) in [5.74, 6) is 0.134. The Morgan fingerprint density at radius 2 is 1.71 bits per heavy atom. The topological polar surface area (TPSA) is 96.9 Å². The highest BCUT2D eigenvalue weighted by Crippen LogP contribution is 2.15. The standard InChI is InChI=1S/C26H27N3O5/c1-20(2)28(25(30)15-12-21-10-13-23(14-11-21)29(32)33)19-26(31)27(18-24-9-6-16-34-24)17-22-7-4-3-5-8-22/h3-16,20H,17-19H2,1-2H3. The van der Waals surface area contributed by atoms with E-state index >= 15 is 0 Å². The highest BCUT2D eigenvalue weighted by atomic mass is 16.6. The van der Waals surface area contributed by atoms with Gasteiger partial charge < -0.3 is 14.2 Å². The van der Waals surface area contributed by atoms with Gasteiger partial charge in [-0.15, -0.1) is 0 Å². The smallest absolute Gasteiger partial charge is 0.269 e. The lowest BCUT2D eigenvalue weighted by Crippen LogP contribution is -2.45. The van der Waals surface area contributed by atoms with Crippen molar-refractivity contribution in [2.45, 2.75) is 33.0 Å². The molecule has 0 aliphatic heterocycles. The Hall–Kier alpha value is -4.20. The Morgan fingerprint density at radius 3 is 2.29 bits per heavy atom. The summed E-state index contributed by atoms with van der Waals surface area (Å²) in [7, 11) is 0. The first-order valence-electron chi connectivity index (χ1n) is 10.9. The molecule has 176 valence electrons. The molecule has 2 aromatic carbocycles. The third-order valence-electron chi connectivity index (χ3n) is 5.23. The van der Waals surface area contributed by atoms with Crippen LogP contribution in [0.3, 0.4) is 0 Å². The second kappa shape index (κ2) is 11.6. The van der Waals surface area contributed by atoms with Crippen LogP contribution in [0.5, 0.6) is 0 Å². The van der Waals surface area contributed by atoms with E-state index in [-0.39, 0.29) is 30.1 Å². The molecule has 0 fully saturated rings. The maximum Gasteiger partial charge on any atom is 0.269 e. The van der Waals surface area contributed by atoms with E-state index < -0.39 is 4.92 Å². The lowest BCUT2D eigenvalue weighted by molar-refractivity contribution is -0.384. The number of carbonyl (C=O) groups excluding carboxylic acids is 2. The van der Waals surface area contributed by atoms with Gasteiger partial charge in [-0.2, -0.15) is 0 Å². The van der Waals surface area contributed by atoms with Gasteiger partial charge in [-0.1, -0.05) is 30.3 Å². The van der Waals surface area contributed by atoms with Crippen molar-refractivity contribution < 1.29 is 18.9 Å². The first-order chi connectivity index (χ1) is 16.3. The monoisotopic (exact) mass is 461 g/mol. The van der Waals surface area contributed by atoms with Crippen molar-refractivity contribution in [1.29, 1.82) is 0 Å². The SMILES string of the molecule is CC(C)N(CC(=O)N(Cc1ccccc1)Cc1ccco1)C(=O)C=Cc1ccc([N+](=O)[O-])cc1. The van der Waals surface area contributed by atoms with Gasteiger partial charge in [-0.05, 0) is 55.3 Å². The molecule has 0 aliphatic carbocycles. The summed E-state index contributed by atoms with van der Waals surface area (Å²) in [5, 5.41) is 10.8. The fourth-order valence-corrected chi connectivity index (χ4v) is 3.36. The number of rotatable bonds is 10. The summed E-state index contributed by atoms with van der Waals surface area (Å²) in [4.78, 5) is 39.7. The van der Waals surface area contributed by atoms with Crippen molar-refractivity contribution in [3.05, 3.63) is 106 Å². The maximum atomic E-state index is 13.3. The predicted octanol–water partition coefficient (Wildman–Crippen LogP) is 4.67. The van der Waals surface area contributed by atoms with Crippen molar-refractivity contribution >= 4 is 23.6 Å². The van der Waals surface area contributed by atoms with Crippen LogP contribution in [0.4, 0.5) is 5.69 Å². The van der Waals surface area contributed by atoms with Gasteiger partial charge in [-0.3, -0.25) is 19.7 Å². The average Bonchev–Trinajstić information content (AvgIpc) is 3.34. The predicted molar refractivity (Wildman–Crippen MR) is 128 cm³/mol. The molecule has 1 aromatic heterocycles. The fourth-order valence-electron chi connectivity index (χ4n) is 3.36. The number of nitro groups is 1. The summed E-state index contributed by atoms with van der Waals surface area (Å²) in [6, 6.07) is 18.9. The van der Waals surface area contributed by atoms with Crippen molar-refractivity contribution in [3.8, 4) is 0 Å². The van der Waals surface area contributed by atoms with Crippen LogP contribution in [0.1, 0.15) is 30.7 Å². The van der Waals surface area contributed by atoms with Gasteiger partial charge in [0.05, 0.1) is 17.7 Å². The highest BCUT2D eigenvalue weighted by molar-refractivity contribution is 5.94.